The normalized spacial score (nSPS) is 26.4. The van der Waals surface area contributed by atoms with Crippen molar-refractivity contribution in [2.45, 2.75) is 38.3 Å². The molecule has 2 fully saturated rings. The number of hydrogen-bond donors (Lipinski definition) is 2. The summed E-state index contributed by atoms with van der Waals surface area (Å²) in [6.45, 7) is 4.24. The lowest BCUT2D eigenvalue weighted by molar-refractivity contribution is -0.159. The third-order valence-electron chi connectivity index (χ3n) is 4.78. The highest BCUT2D eigenvalue weighted by Gasteiger charge is 2.56. The second-order valence-electron chi connectivity index (χ2n) is 5.83. The smallest absolute Gasteiger partial charge is 0.356 e. The van der Waals surface area contributed by atoms with Gasteiger partial charge < -0.3 is 19.9 Å². The largest absolute Gasteiger partial charge is 0.476 e. The molecule has 2 atom stereocenters. The fraction of sp³-hybridized carbons (Fsp3) is 0.667. The van der Waals surface area contributed by atoms with Crippen LogP contribution in [-0.2, 0) is 9.47 Å². The third-order valence-corrected chi connectivity index (χ3v) is 4.78. The average molecular weight is 307 g/mol. The second kappa shape index (κ2) is 6.18. The molecular formula is C15H21N3O4. The van der Waals surface area contributed by atoms with E-state index in [0.717, 1.165) is 32.5 Å². The number of carboxylic acids is 1. The van der Waals surface area contributed by atoms with Crippen LogP contribution in [0.3, 0.4) is 0 Å². The molecule has 120 valence electrons. The van der Waals surface area contributed by atoms with Crippen molar-refractivity contribution >= 4 is 11.8 Å². The standard InChI is InChI=1S/C15H21N3O4/c1-2-22-12-9-11(15(12)5-7-21-8-6-15)16-13-4-3-10(14(19)20)17-18-13/h3-4,11-12H,2,5-9H2,1H3,(H,16,18)(H,19,20)/t11-,12-/m1/s1. The zero-order valence-electron chi connectivity index (χ0n) is 12.6. The summed E-state index contributed by atoms with van der Waals surface area (Å²) in [6, 6.07) is 3.39. The van der Waals surface area contributed by atoms with Crippen LogP contribution < -0.4 is 5.32 Å². The molecule has 1 aliphatic heterocycles. The molecule has 1 saturated heterocycles. The summed E-state index contributed by atoms with van der Waals surface area (Å²) in [5.41, 5.74) is 0.0358. The average Bonchev–Trinajstić information content (AvgIpc) is 2.55. The number of anilines is 1. The van der Waals surface area contributed by atoms with E-state index in [9.17, 15) is 4.79 Å². The van der Waals surface area contributed by atoms with Crippen molar-refractivity contribution in [1.82, 2.24) is 10.2 Å². The molecule has 1 spiro atoms. The summed E-state index contributed by atoms with van der Waals surface area (Å²) in [6.07, 6.45) is 3.12. The van der Waals surface area contributed by atoms with Crippen molar-refractivity contribution in [3.05, 3.63) is 17.8 Å². The van der Waals surface area contributed by atoms with Gasteiger partial charge in [-0.15, -0.1) is 10.2 Å². The highest BCUT2D eigenvalue weighted by atomic mass is 16.5. The fourth-order valence-electron chi connectivity index (χ4n) is 3.51. The summed E-state index contributed by atoms with van der Waals surface area (Å²) in [5, 5.41) is 19.9. The minimum absolute atomic E-state index is 0.0490. The van der Waals surface area contributed by atoms with Gasteiger partial charge in [-0.1, -0.05) is 0 Å². The Kier molecular flexibility index (Phi) is 4.26. The first-order chi connectivity index (χ1) is 10.7. The van der Waals surface area contributed by atoms with Crippen molar-refractivity contribution < 1.29 is 19.4 Å². The van der Waals surface area contributed by atoms with Gasteiger partial charge in [0.05, 0.1) is 6.10 Å². The minimum Gasteiger partial charge on any atom is -0.476 e. The Morgan fingerprint density at radius 3 is 2.82 bits per heavy atom. The van der Waals surface area contributed by atoms with Gasteiger partial charge in [0.2, 0.25) is 0 Å². The Hall–Kier alpha value is -1.73. The van der Waals surface area contributed by atoms with Gasteiger partial charge in [0, 0.05) is 31.3 Å². The molecule has 3 rings (SSSR count). The third kappa shape index (κ3) is 2.66. The minimum atomic E-state index is -1.07. The van der Waals surface area contributed by atoms with E-state index in [2.05, 4.69) is 15.5 Å². The number of nitrogens with one attached hydrogen (secondary N) is 1. The van der Waals surface area contributed by atoms with Crippen molar-refractivity contribution in [3.8, 4) is 0 Å². The lowest BCUT2D eigenvalue weighted by Gasteiger charge is -2.57. The molecule has 1 aromatic rings. The summed E-state index contributed by atoms with van der Waals surface area (Å²) >= 11 is 0. The van der Waals surface area contributed by atoms with Gasteiger partial charge in [-0.05, 0) is 38.3 Å². The van der Waals surface area contributed by atoms with E-state index >= 15 is 0 Å². The predicted octanol–water partition coefficient (Wildman–Crippen LogP) is 1.56. The van der Waals surface area contributed by atoms with E-state index in [1.54, 1.807) is 6.07 Å². The summed E-state index contributed by atoms with van der Waals surface area (Å²) in [5.74, 6) is -0.462. The van der Waals surface area contributed by atoms with Crippen molar-refractivity contribution in [2.24, 2.45) is 5.41 Å². The highest BCUT2D eigenvalue weighted by Crippen LogP contribution is 2.51. The number of rotatable bonds is 5. The lowest BCUT2D eigenvalue weighted by atomic mass is 9.57. The summed E-state index contributed by atoms with van der Waals surface area (Å²) in [7, 11) is 0. The van der Waals surface area contributed by atoms with Crippen LogP contribution in [0.25, 0.3) is 0 Å². The van der Waals surface area contributed by atoms with E-state index < -0.39 is 5.97 Å². The van der Waals surface area contributed by atoms with Crippen molar-refractivity contribution in [3.63, 3.8) is 0 Å². The quantitative estimate of drug-likeness (QED) is 0.852. The molecule has 2 N–H and O–H groups in total. The van der Waals surface area contributed by atoms with Gasteiger partial charge in [0.15, 0.2) is 5.69 Å². The van der Waals surface area contributed by atoms with Crippen LogP contribution in [0.15, 0.2) is 12.1 Å². The first kappa shape index (κ1) is 15.2. The zero-order valence-corrected chi connectivity index (χ0v) is 12.6. The van der Waals surface area contributed by atoms with Crippen LogP contribution in [0.1, 0.15) is 36.7 Å². The Labute approximate surface area is 129 Å². The van der Waals surface area contributed by atoms with E-state index in [1.165, 1.54) is 6.07 Å². The number of ether oxygens (including phenoxy) is 2. The molecule has 1 saturated carbocycles. The molecule has 1 aliphatic carbocycles. The van der Waals surface area contributed by atoms with Gasteiger partial charge in [0.25, 0.3) is 0 Å². The molecule has 7 nitrogen and oxygen atoms in total. The van der Waals surface area contributed by atoms with E-state index in [1.807, 2.05) is 6.92 Å². The number of carbonyl (C=O) groups is 1. The second-order valence-corrected chi connectivity index (χ2v) is 5.83. The van der Waals surface area contributed by atoms with E-state index in [4.69, 9.17) is 14.6 Å². The van der Waals surface area contributed by atoms with Gasteiger partial charge in [-0.3, -0.25) is 0 Å². The number of carboxylic acid groups (broad SMARTS) is 1. The van der Waals surface area contributed by atoms with E-state index in [-0.39, 0.29) is 23.3 Å². The lowest BCUT2D eigenvalue weighted by Crippen LogP contribution is -2.63. The molecule has 22 heavy (non-hydrogen) atoms. The summed E-state index contributed by atoms with van der Waals surface area (Å²) < 4.78 is 11.4. The summed E-state index contributed by atoms with van der Waals surface area (Å²) in [4.78, 5) is 10.8. The SMILES string of the molecule is CCO[C@@H]1C[C@@H](Nc2ccc(C(=O)O)nn2)C12CCOCC2. The van der Waals surface area contributed by atoms with Crippen LogP contribution in [0.5, 0.6) is 0 Å². The maximum atomic E-state index is 10.8. The molecule has 0 bridgehead atoms. The van der Waals surface area contributed by atoms with Gasteiger partial charge in [-0.2, -0.15) is 0 Å². The Bertz CT molecular complexity index is 528. The first-order valence-electron chi connectivity index (χ1n) is 7.68. The molecule has 2 heterocycles. The fourth-order valence-corrected chi connectivity index (χ4v) is 3.51. The van der Waals surface area contributed by atoms with Gasteiger partial charge in [-0.25, -0.2) is 4.79 Å². The molecular weight excluding hydrogens is 286 g/mol. The topological polar surface area (TPSA) is 93.6 Å². The molecule has 0 unspecified atom stereocenters. The van der Waals surface area contributed by atoms with E-state index in [0.29, 0.717) is 12.4 Å². The Morgan fingerprint density at radius 2 is 2.23 bits per heavy atom. The Morgan fingerprint density at radius 1 is 1.45 bits per heavy atom. The van der Waals surface area contributed by atoms with Crippen LogP contribution in [0, 0.1) is 5.41 Å². The molecule has 2 aliphatic rings. The maximum Gasteiger partial charge on any atom is 0.356 e. The first-order valence-corrected chi connectivity index (χ1v) is 7.68. The monoisotopic (exact) mass is 307 g/mol. The van der Waals surface area contributed by atoms with Crippen LogP contribution >= 0.6 is 0 Å². The van der Waals surface area contributed by atoms with Crippen LogP contribution in [-0.4, -0.2) is 53.2 Å². The molecule has 0 radical (unpaired) electrons. The number of nitrogens with zero attached hydrogens (tertiary/aromatic N) is 2. The molecule has 0 aromatic carbocycles. The molecule has 7 heteroatoms. The number of aromatic carboxylic acids is 1. The Balaban J connectivity index is 1.70. The number of hydrogen-bond acceptors (Lipinski definition) is 6. The maximum absolute atomic E-state index is 10.8. The highest BCUT2D eigenvalue weighted by molar-refractivity contribution is 5.85. The van der Waals surface area contributed by atoms with Crippen molar-refractivity contribution in [2.75, 3.05) is 25.1 Å². The molecule has 1 aromatic heterocycles. The molecule has 0 amide bonds. The van der Waals surface area contributed by atoms with Crippen LogP contribution in [0.4, 0.5) is 5.82 Å². The van der Waals surface area contributed by atoms with Crippen LogP contribution in [0.2, 0.25) is 0 Å². The predicted molar refractivity (Wildman–Crippen MR) is 78.9 cm³/mol. The van der Waals surface area contributed by atoms with Crippen molar-refractivity contribution in [1.29, 1.82) is 0 Å². The zero-order chi connectivity index (χ0) is 15.6. The van der Waals surface area contributed by atoms with Gasteiger partial charge >= 0.3 is 5.97 Å². The number of aromatic nitrogens is 2. The van der Waals surface area contributed by atoms with Gasteiger partial charge in [0.1, 0.15) is 5.82 Å².